The molecule has 0 fully saturated rings. The SMILES string of the molecule is CCCCCCCCC(O)CC(O)C(S)CO. The van der Waals surface area contributed by atoms with E-state index in [9.17, 15) is 10.2 Å². The Bertz CT molecular complexity index is 167. The largest absolute Gasteiger partial charge is 0.395 e. The fourth-order valence-electron chi connectivity index (χ4n) is 1.84. The van der Waals surface area contributed by atoms with Crippen LogP contribution in [0.4, 0.5) is 0 Å². The Morgan fingerprint density at radius 1 is 1.00 bits per heavy atom. The van der Waals surface area contributed by atoms with Crippen molar-refractivity contribution in [3.05, 3.63) is 0 Å². The van der Waals surface area contributed by atoms with Crippen molar-refractivity contribution in [1.82, 2.24) is 0 Å². The van der Waals surface area contributed by atoms with Gasteiger partial charge in [-0.25, -0.2) is 0 Å². The number of unbranched alkanes of at least 4 members (excludes halogenated alkanes) is 5. The highest BCUT2D eigenvalue weighted by Gasteiger charge is 2.17. The molecular weight excluding hydrogens is 236 g/mol. The molecule has 3 unspecified atom stereocenters. The summed E-state index contributed by atoms with van der Waals surface area (Å²) in [6.45, 7) is 2.04. The highest BCUT2D eigenvalue weighted by atomic mass is 32.1. The van der Waals surface area contributed by atoms with Crippen molar-refractivity contribution in [1.29, 1.82) is 0 Å². The lowest BCUT2D eigenvalue weighted by Gasteiger charge is -2.19. The van der Waals surface area contributed by atoms with E-state index in [4.69, 9.17) is 5.11 Å². The van der Waals surface area contributed by atoms with Crippen LogP contribution in [0.15, 0.2) is 0 Å². The van der Waals surface area contributed by atoms with Crippen molar-refractivity contribution in [3.63, 3.8) is 0 Å². The molecule has 0 heterocycles. The van der Waals surface area contributed by atoms with E-state index in [-0.39, 0.29) is 6.61 Å². The molecule has 0 rings (SSSR count). The number of aliphatic hydroxyl groups is 3. The third kappa shape index (κ3) is 9.89. The Balaban J connectivity index is 3.42. The smallest absolute Gasteiger partial charge is 0.0703 e. The number of thiol groups is 1. The highest BCUT2D eigenvalue weighted by molar-refractivity contribution is 7.81. The van der Waals surface area contributed by atoms with Gasteiger partial charge in [-0.1, -0.05) is 45.4 Å². The molecule has 17 heavy (non-hydrogen) atoms. The molecule has 0 aromatic rings. The van der Waals surface area contributed by atoms with Gasteiger partial charge in [-0.15, -0.1) is 0 Å². The van der Waals surface area contributed by atoms with E-state index in [1.165, 1.54) is 25.7 Å². The maximum Gasteiger partial charge on any atom is 0.0703 e. The first-order valence-corrected chi connectivity index (χ1v) is 7.28. The maximum absolute atomic E-state index is 9.69. The minimum Gasteiger partial charge on any atom is -0.395 e. The van der Waals surface area contributed by atoms with Crippen LogP contribution in [-0.4, -0.2) is 39.4 Å². The summed E-state index contributed by atoms with van der Waals surface area (Å²) in [7, 11) is 0. The average molecular weight is 264 g/mol. The minimum atomic E-state index is -0.724. The third-order valence-corrected chi connectivity index (χ3v) is 3.54. The third-order valence-electron chi connectivity index (χ3n) is 3.04. The van der Waals surface area contributed by atoms with Crippen molar-refractivity contribution < 1.29 is 15.3 Å². The first-order chi connectivity index (χ1) is 8.11. The molecule has 0 aliphatic heterocycles. The number of rotatable bonds is 11. The van der Waals surface area contributed by atoms with E-state index in [2.05, 4.69) is 19.6 Å². The molecule has 4 heteroatoms. The summed E-state index contributed by atoms with van der Waals surface area (Å²) in [5, 5.41) is 27.6. The summed E-state index contributed by atoms with van der Waals surface area (Å²) in [4.78, 5) is 0. The molecule has 3 nitrogen and oxygen atoms in total. The molecule has 3 N–H and O–H groups in total. The Morgan fingerprint density at radius 3 is 2.18 bits per heavy atom. The van der Waals surface area contributed by atoms with Gasteiger partial charge in [0.25, 0.3) is 0 Å². The molecule has 0 amide bonds. The number of hydrogen-bond donors (Lipinski definition) is 4. The van der Waals surface area contributed by atoms with Crippen molar-refractivity contribution >= 4 is 12.6 Å². The van der Waals surface area contributed by atoms with Gasteiger partial charge in [-0.05, 0) is 6.42 Å². The lowest BCUT2D eigenvalue weighted by Crippen LogP contribution is -2.28. The molecule has 0 saturated carbocycles. The highest BCUT2D eigenvalue weighted by Crippen LogP contribution is 2.14. The predicted molar refractivity (Wildman–Crippen MR) is 74.5 cm³/mol. The van der Waals surface area contributed by atoms with Crippen LogP contribution in [0, 0.1) is 0 Å². The van der Waals surface area contributed by atoms with Gasteiger partial charge in [0.2, 0.25) is 0 Å². The Morgan fingerprint density at radius 2 is 1.59 bits per heavy atom. The van der Waals surface area contributed by atoms with Gasteiger partial charge in [-0.2, -0.15) is 12.6 Å². The molecule has 0 radical (unpaired) electrons. The van der Waals surface area contributed by atoms with E-state index in [1.54, 1.807) is 0 Å². The average Bonchev–Trinajstić information content (AvgIpc) is 2.32. The van der Waals surface area contributed by atoms with E-state index in [0.717, 1.165) is 19.3 Å². The molecule has 104 valence electrons. The minimum absolute atomic E-state index is 0.159. The predicted octanol–water partition coefficient (Wildman–Crippen LogP) is 2.14. The second-order valence-corrected chi connectivity index (χ2v) is 5.43. The van der Waals surface area contributed by atoms with Gasteiger partial charge < -0.3 is 15.3 Å². The lowest BCUT2D eigenvalue weighted by atomic mass is 10.0. The molecule has 0 aliphatic rings. The molecule has 3 atom stereocenters. The number of hydrogen-bond acceptors (Lipinski definition) is 4. The van der Waals surface area contributed by atoms with E-state index in [1.807, 2.05) is 0 Å². The summed E-state index contributed by atoms with van der Waals surface area (Å²) >= 11 is 4.04. The zero-order valence-corrected chi connectivity index (χ0v) is 11.8. The molecular formula is C13H28O3S. The van der Waals surface area contributed by atoms with E-state index < -0.39 is 17.5 Å². The van der Waals surface area contributed by atoms with Crippen LogP contribution in [0.3, 0.4) is 0 Å². The van der Waals surface area contributed by atoms with E-state index in [0.29, 0.717) is 6.42 Å². The zero-order chi connectivity index (χ0) is 13.1. The van der Waals surface area contributed by atoms with Crippen LogP contribution in [0.25, 0.3) is 0 Å². The molecule has 0 spiro atoms. The number of aliphatic hydroxyl groups excluding tert-OH is 3. The Hall–Kier alpha value is 0.230. The van der Waals surface area contributed by atoms with Gasteiger partial charge in [0.1, 0.15) is 0 Å². The first-order valence-electron chi connectivity index (χ1n) is 6.76. The molecule has 0 saturated heterocycles. The van der Waals surface area contributed by atoms with Crippen molar-refractivity contribution in [3.8, 4) is 0 Å². The van der Waals surface area contributed by atoms with Gasteiger partial charge >= 0.3 is 0 Å². The van der Waals surface area contributed by atoms with Crippen LogP contribution in [0.5, 0.6) is 0 Å². The molecule has 0 bridgehead atoms. The van der Waals surface area contributed by atoms with Crippen molar-refractivity contribution in [2.24, 2.45) is 0 Å². The van der Waals surface area contributed by atoms with E-state index >= 15 is 0 Å². The van der Waals surface area contributed by atoms with Crippen LogP contribution >= 0.6 is 12.6 Å². The quantitative estimate of drug-likeness (QED) is 0.341. The molecule has 0 aliphatic carbocycles. The fourth-order valence-corrected chi connectivity index (χ4v) is 1.96. The van der Waals surface area contributed by atoms with Crippen LogP contribution in [-0.2, 0) is 0 Å². The zero-order valence-electron chi connectivity index (χ0n) is 10.9. The topological polar surface area (TPSA) is 60.7 Å². The fraction of sp³-hybridized carbons (Fsp3) is 1.00. The second kappa shape index (κ2) is 11.3. The summed E-state index contributed by atoms with van der Waals surface area (Å²) in [6, 6.07) is 0. The first kappa shape index (κ1) is 17.2. The maximum atomic E-state index is 9.69. The molecule has 0 aromatic carbocycles. The normalized spacial score (nSPS) is 16.8. The van der Waals surface area contributed by atoms with Crippen molar-refractivity contribution in [2.45, 2.75) is 75.7 Å². The monoisotopic (exact) mass is 264 g/mol. The van der Waals surface area contributed by atoms with Crippen LogP contribution in [0.2, 0.25) is 0 Å². The Labute approximate surface area is 111 Å². The Kier molecular flexibility index (Phi) is 11.5. The standard InChI is InChI=1S/C13H28O3S/c1-2-3-4-5-6-7-8-11(15)9-12(16)13(17)10-14/h11-17H,2-10H2,1H3. The summed E-state index contributed by atoms with van der Waals surface area (Å²) in [5.74, 6) is 0. The van der Waals surface area contributed by atoms with Gasteiger partial charge in [-0.3, -0.25) is 0 Å². The van der Waals surface area contributed by atoms with Gasteiger partial charge in [0.05, 0.1) is 24.1 Å². The summed E-state index contributed by atoms with van der Waals surface area (Å²) in [5.41, 5.74) is 0. The van der Waals surface area contributed by atoms with Crippen LogP contribution in [0.1, 0.15) is 58.3 Å². The summed E-state index contributed by atoms with van der Waals surface area (Å²) in [6.07, 6.45) is 7.05. The summed E-state index contributed by atoms with van der Waals surface area (Å²) < 4.78 is 0. The second-order valence-electron chi connectivity index (χ2n) is 4.76. The van der Waals surface area contributed by atoms with Gasteiger partial charge in [0.15, 0.2) is 0 Å². The van der Waals surface area contributed by atoms with Crippen LogP contribution < -0.4 is 0 Å². The lowest BCUT2D eigenvalue weighted by molar-refractivity contribution is 0.0635. The van der Waals surface area contributed by atoms with Gasteiger partial charge in [0, 0.05) is 6.42 Å². The molecule has 0 aromatic heterocycles. The van der Waals surface area contributed by atoms with Crippen molar-refractivity contribution in [2.75, 3.05) is 6.61 Å².